The van der Waals surface area contributed by atoms with Gasteiger partial charge in [0.15, 0.2) is 6.10 Å². The van der Waals surface area contributed by atoms with Crippen LogP contribution in [-0.2, 0) is 32.7 Å². The highest BCUT2D eigenvalue weighted by molar-refractivity contribution is 7.45. The maximum Gasteiger partial charge on any atom is 0.306 e. The summed E-state index contributed by atoms with van der Waals surface area (Å²) in [4.78, 5) is 38.2. The number of likely N-dealkylation sites (N-methyl/N-ethyl adjacent to an activating group) is 1. The van der Waals surface area contributed by atoms with Gasteiger partial charge in [-0.15, -0.1) is 0 Å². The molecule has 0 aliphatic rings. The lowest BCUT2D eigenvalue weighted by atomic mass is 10.0. The van der Waals surface area contributed by atoms with Crippen LogP contribution in [0.4, 0.5) is 0 Å². The lowest BCUT2D eigenvalue weighted by Gasteiger charge is -2.28. The van der Waals surface area contributed by atoms with E-state index in [-0.39, 0.29) is 32.0 Å². The fraction of sp³-hybridized carbons (Fsp3) is 0.889. The Bertz CT molecular complexity index is 1830. The molecule has 0 aromatic carbocycles. The molecular weight excluding hydrogens is 1250 g/mol. The Morgan fingerprint density at radius 1 is 0.320 bits per heavy atom. The molecule has 2 atom stereocenters. The predicted molar refractivity (Wildman–Crippen MR) is 434 cm³/mol. The van der Waals surface area contributed by atoms with Gasteiger partial charge < -0.3 is 27.9 Å². The third-order valence-electron chi connectivity index (χ3n) is 20.4. The van der Waals surface area contributed by atoms with Crippen molar-refractivity contribution in [3.8, 4) is 0 Å². The Morgan fingerprint density at radius 3 is 0.850 bits per heavy atom. The van der Waals surface area contributed by atoms with E-state index < -0.39 is 26.5 Å². The van der Waals surface area contributed by atoms with Crippen molar-refractivity contribution >= 4 is 19.8 Å². The smallest absolute Gasteiger partial charge is 0.306 e. The second-order valence-electron chi connectivity index (χ2n) is 31.6. The molecule has 0 saturated carbocycles. The molecule has 0 N–H and O–H groups in total. The number of esters is 2. The van der Waals surface area contributed by atoms with Crippen molar-refractivity contribution in [2.75, 3.05) is 47.5 Å². The van der Waals surface area contributed by atoms with Crippen LogP contribution in [0.25, 0.3) is 0 Å². The highest BCUT2D eigenvalue weighted by Gasteiger charge is 2.22. The molecule has 9 nitrogen and oxygen atoms in total. The van der Waals surface area contributed by atoms with Gasteiger partial charge in [-0.1, -0.05) is 448 Å². The van der Waals surface area contributed by atoms with E-state index in [1.807, 2.05) is 21.1 Å². The Kier molecular flexibility index (Phi) is 79.4. The summed E-state index contributed by atoms with van der Waals surface area (Å²) in [7, 11) is 1.19. The molecule has 0 aromatic heterocycles. The lowest BCUT2D eigenvalue weighted by Crippen LogP contribution is -2.37. The maximum atomic E-state index is 12.9. The summed E-state index contributed by atoms with van der Waals surface area (Å²) in [5.41, 5.74) is 0. The van der Waals surface area contributed by atoms with E-state index in [0.29, 0.717) is 17.4 Å². The summed E-state index contributed by atoms with van der Waals surface area (Å²) in [5.74, 6) is -0.805. The Labute approximate surface area is 624 Å². The molecule has 0 bridgehead atoms. The van der Waals surface area contributed by atoms with Crippen molar-refractivity contribution in [2.24, 2.45) is 0 Å². The second kappa shape index (κ2) is 81.1. The highest BCUT2D eigenvalue weighted by atomic mass is 31.2. The Hall–Kier alpha value is -2.03. The number of unbranched alkanes of at least 4 members (excludes halogenated alkanes) is 62. The van der Waals surface area contributed by atoms with Gasteiger partial charge in [0.25, 0.3) is 7.82 Å². The first-order chi connectivity index (χ1) is 49.0. The minimum absolute atomic E-state index is 0.0274. The molecule has 10 heteroatoms. The van der Waals surface area contributed by atoms with Crippen molar-refractivity contribution in [3.05, 3.63) is 48.6 Å². The number of carbonyl (C=O) groups is 2. The topological polar surface area (TPSA) is 111 Å². The van der Waals surface area contributed by atoms with Crippen LogP contribution < -0.4 is 4.89 Å². The van der Waals surface area contributed by atoms with Crippen LogP contribution in [0.3, 0.4) is 0 Å². The van der Waals surface area contributed by atoms with Crippen molar-refractivity contribution in [2.45, 2.75) is 469 Å². The molecule has 100 heavy (non-hydrogen) atoms. The Balaban J connectivity index is 3.83. The molecule has 0 heterocycles. The molecule has 0 radical (unpaired) electrons. The standard InChI is InChI=1S/C90H172NO8P/c1-6-8-10-12-14-16-18-20-22-24-26-28-30-32-34-36-38-40-42-43-44-45-46-47-49-50-52-54-56-58-60-62-64-66-68-70-72-74-76-78-80-82-89(92)96-86-88(87-98-100(94,95)97-85-84-91(3,4)5)99-90(93)83-81-79-77-75-73-71-69-67-65-63-61-59-57-55-53-51-48-41-39-37-35-33-31-29-27-25-23-21-19-17-15-13-11-9-7-2/h9,11,15,17,21,23,27,29,88H,6-8,10,12-14,16,18-20,22,24-26,28,30-87H2,1-5H3/b11-9-,17-15-,23-21-,29-27-. The van der Waals surface area contributed by atoms with Crippen molar-refractivity contribution in [1.82, 2.24) is 0 Å². The molecule has 0 rings (SSSR count). The fourth-order valence-corrected chi connectivity index (χ4v) is 14.4. The van der Waals surface area contributed by atoms with Crippen LogP contribution in [0.5, 0.6) is 0 Å². The number of hydrogen-bond donors (Lipinski definition) is 0. The van der Waals surface area contributed by atoms with Crippen LogP contribution in [0, 0.1) is 0 Å². The molecule has 0 saturated heterocycles. The van der Waals surface area contributed by atoms with Gasteiger partial charge >= 0.3 is 11.9 Å². The number of allylic oxidation sites excluding steroid dienone is 8. The van der Waals surface area contributed by atoms with Crippen molar-refractivity contribution < 1.29 is 42.1 Å². The van der Waals surface area contributed by atoms with E-state index in [1.165, 1.54) is 372 Å². The van der Waals surface area contributed by atoms with E-state index in [1.54, 1.807) is 0 Å². The lowest BCUT2D eigenvalue weighted by molar-refractivity contribution is -0.870. The van der Waals surface area contributed by atoms with Gasteiger partial charge in [0, 0.05) is 12.8 Å². The number of hydrogen-bond acceptors (Lipinski definition) is 8. The van der Waals surface area contributed by atoms with Crippen molar-refractivity contribution in [3.63, 3.8) is 0 Å². The van der Waals surface area contributed by atoms with Crippen LogP contribution in [0.1, 0.15) is 463 Å². The third-order valence-corrected chi connectivity index (χ3v) is 21.3. The minimum Gasteiger partial charge on any atom is -0.756 e. The highest BCUT2D eigenvalue weighted by Crippen LogP contribution is 2.38. The van der Waals surface area contributed by atoms with Gasteiger partial charge in [-0.25, -0.2) is 0 Å². The fourth-order valence-electron chi connectivity index (χ4n) is 13.7. The van der Waals surface area contributed by atoms with Gasteiger partial charge in [0.2, 0.25) is 0 Å². The molecule has 0 aromatic rings. The van der Waals surface area contributed by atoms with Crippen molar-refractivity contribution in [1.29, 1.82) is 0 Å². The quantitative estimate of drug-likeness (QED) is 0.0195. The van der Waals surface area contributed by atoms with E-state index in [0.717, 1.165) is 57.8 Å². The Morgan fingerprint density at radius 2 is 0.570 bits per heavy atom. The number of phosphoric acid groups is 1. The molecule has 590 valence electrons. The molecular formula is C90H172NO8P. The first kappa shape index (κ1) is 98.0. The van der Waals surface area contributed by atoms with E-state index in [2.05, 4.69) is 62.5 Å². The molecule has 0 spiro atoms. The largest absolute Gasteiger partial charge is 0.756 e. The molecule has 0 fully saturated rings. The van der Waals surface area contributed by atoms with E-state index in [4.69, 9.17) is 18.5 Å². The average molecular weight is 1430 g/mol. The third kappa shape index (κ3) is 84.9. The summed E-state index contributed by atoms with van der Waals surface area (Å²) < 4.78 is 34.5. The summed E-state index contributed by atoms with van der Waals surface area (Å²) in [6.45, 7) is 4.22. The first-order valence-corrected chi connectivity index (χ1v) is 45.8. The molecule has 0 aliphatic heterocycles. The van der Waals surface area contributed by atoms with Gasteiger partial charge in [-0.2, -0.15) is 0 Å². The monoisotopic (exact) mass is 1430 g/mol. The van der Waals surface area contributed by atoms with Crippen LogP contribution in [0.2, 0.25) is 0 Å². The zero-order valence-electron chi connectivity index (χ0n) is 67.7. The van der Waals surface area contributed by atoms with Gasteiger partial charge in [0.05, 0.1) is 27.7 Å². The average Bonchev–Trinajstić information content (AvgIpc) is 1.65. The number of ether oxygens (including phenoxy) is 2. The van der Waals surface area contributed by atoms with Gasteiger partial charge in [-0.3, -0.25) is 14.2 Å². The molecule has 0 aliphatic carbocycles. The number of nitrogens with zero attached hydrogens (tertiary/aromatic N) is 1. The van der Waals surface area contributed by atoms with Crippen LogP contribution in [0.15, 0.2) is 48.6 Å². The first-order valence-electron chi connectivity index (χ1n) is 44.3. The number of carbonyl (C=O) groups excluding carboxylic acids is 2. The zero-order chi connectivity index (χ0) is 72.5. The number of rotatable bonds is 84. The normalized spacial score (nSPS) is 13.1. The predicted octanol–water partition coefficient (Wildman–Crippen LogP) is 29.2. The van der Waals surface area contributed by atoms with E-state index in [9.17, 15) is 19.0 Å². The summed E-state index contributed by atoms with van der Waals surface area (Å²) in [5, 5.41) is 0. The van der Waals surface area contributed by atoms with Gasteiger partial charge in [0.1, 0.15) is 19.8 Å². The second-order valence-corrected chi connectivity index (χ2v) is 33.0. The van der Waals surface area contributed by atoms with E-state index >= 15 is 0 Å². The summed E-state index contributed by atoms with van der Waals surface area (Å²) in [6, 6.07) is 0. The van der Waals surface area contributed by atoms with Gasteiger partial charge in [-0.05, 0) is 51.4 Å². The zero-order valence-corrected chi connectivity index (χ0v) is 68.6. The number of quaternary nitrogens is 1. The number of phosphoric ester groups is 1. The maximum absolute atomic E-state index is 12.9. The SMILES string of the molecule is CC/C=C\C/C=C\C/C=C\C/C=C\CCCCCCCCCCCCCCCCCCCCCCCCC(=O)OC(COC(=O)CCCCCCCCCCCCCCCCCCCCCCCCCCCCCCCCCCCCCCCCCCC)COP(=O)([O-])OCC[N+](C)(C)C. The molecule has 2 unspecified atom stereocenters. The minimum atomic E-state index is -4.65. The summed E-state index contributed by atoms with van der Waals surface area (Å²) in [6.07, 6.45) is 109. The van der Waals surface area contributed by atoms with Crippen LogP contribution in [-0.4, -0.2) is 70.0 Å². The summed E-state index contributed by atoms with van der Waals surface area (Å²) >= 11 is 0. The van der Waals surface area contributed by atoms with Crippen LogP contribution >= 0.6 is 7.82 Å². The molecule has 0 amide bonds.